The highest BCUT2D eigenvalue weighted by atomic mass is 17.3. The third-order valence-corrected chi connectivity index (χ3v) is 5.50. The molecule has 1 aliphatic carbocycles. The fourth-order valence-corrected chi connectivity index (χ4v) is 4.37. The maximum Gasteiger partial charge on any atom is 0.336 e. The standard InChI is InChI=1S/C15H20O5/c1-8-4-5-11-9(2)12(16)17-13-15(11)10(8)6-7-14(3,18-13)19-20-15/h8,10-11,13H,2,4-7H2,1,3H3/t8-,10+,11+,13-,14-,15-/m1/s1/i2+1D2. The van der Waals surface area contributed by atoms with Gasteiger partial charge in [-0.15, -0.1) is 0 Å². The molecule has 6 atom stereocenters. The summed E-state index contributed by atoms with van der Waals surface area (Å²) in [6.07, 6.45) is 2.28. The van der Waals surface area contributed by atoms with Crippen LogP contribution in [0.25, 0.3) is 0 Å². The lowest BCUT2D eigenvalue weighted by Gasteiger charge is -2.56. The molecule has 0 amide bonds. The summed E-state index contributed by atoms with van der Waals surface area (Å²) in [7, 11) is 0. The van der Waals surface area contributed by atoms with Gasteiger partial charge in [0.05, 0.1) is 2.74 Å². The summed E-state index contributed by atoms with van der Waals surface area (Å²) in [4.78, 5) is 23.7. The topological polar surface area (TPSA) is 54.0 Å². The van der Waals surface area contributed by atoms with Crippen molar-refractivity contribution in [2.75, 3.05) is 0 Å². The van der Waals surface area contributed by atoms with Gasteiger partial charge in [-0.05, 0) is 32.1 Å². The summed E-state index contributed by atoms with van der Waals surface area (Å²) >= 11 is 0. The smallest absolute Gasteiger partial charge is 0.336 e. The van der Waals surface area contributed by atoms with Gasteiger partial charge in [-0.1, -0.05) is 13.5 Å². The van der Waals surface area contributed by atoms with Gasteiger partial charge in [-0.2, -0.15) is 0 Å². The van der Waals surface area contributed by atoms with Crippen molar-refractivity contribution in [2.45, 2.75) is 57.2 Å². The van der Waals surface area contributed by atoms with Gasteiger partial charge in [0.1, 0.15) is 0 Å². The molecule has 5 nitrogen and oxygen atoms in total. The fourth-order valence-electron chi connectivity index (χ4n) is 4.37. The van der Waals surface area contributed by atoms with Crippen LogP contribution in [-0.4, -0.2) is 23.6 Å². The van der Waals surface area contributed by atoms with E-state index in [4.69, 9.17) is 22.0 Å². The molecule has 4 aliphatic heterocycles. The number of ether oxygens (including phenoxy) is 2. The molecule has 4 saturated heterocycles. The summed E-state index contributed by atoms with van der Waals surface area (Å²) in [5.74, 6) is -1.43. The second kappa shape index (κ2) is 3.84. The average Bonchev–Trinajstić information content (AvgIpc) is 2.67. The molecule has 0 unspecified atom stereocenters. The number of rotatable bonds is 0. The molecule has 5 heteroatoms. The van der Waals surface area contributed by atoms with Crippen molar-refractivity contribution in [3.8, 4) is 0 Å². The first-order valence-corrected chi connectivity index (χ1v) is 7.30. The first-order chi connectivity index (χ1) is 10.4. The lowest BCUT2D eigenvalue weighted by atomic mass is 9.60. The number of carbonyl (C=O) groups is 1. The van der Waals surface area contributed by atoms with Crippen molar-refractivity contribution >= 4 is 5.97 Å². The van der Waals surface area contributed by atoms with Crippen LogP contribution in [0.1, 0.15) is 42.3 Å². The molecule has 110 valence electrons. The molecule has 0 radical (unpaired) electrons. The zero-order valence-electron chi connectivity index (χ0n) is 13.7. The number of hydrogen-bond acceptors (Lipinski definition) is 5. The van der Waals surface area contributed by atoms with Crippen molar-refractivity contribution in [2.24, 2.45) is 17.8 Å². The van der Waals surface area contributed by atoms with Crippen molar-refractivity contribution in [1.29, 1.82) is 0 Å². The highest BCUT2D eigenvalue weighted by molar-refractivity contribution is 5.89. The zero-order chi connectivity index (χ0) is 15.7. The van der Waals surface area contributed by atoms with Gasteiger partial charge in [-0.3, -0.25) is 0 Å². The minimum absolute atomic E-state index is 0.0888. The van der Waals surface area contributed by atoms with Crippen molar-refractivity contribution in [3.05, 3.63) is 12.1 Å². The molecule has 0 aromatic heterocycles. The largest absolute Gasteiger partial charge is 0.429 e. The minimum Gasteiger partial charge on any atom is -0.429 e. The van der Waals surface area contributed by atoms with Crippen LogP contribution in [0.3, 0.4) is 0 Å². The molecule has 0 N–H and O–H groups in total. The third kappa shape index (κ3) is 1.41. The van der Waals surface area contributed by atoms with Crippen LogP contribution < -0.4 is 0 Å². The van der Waals surface area contributed by atoms with Crippen LogP contribution in [0.5, 0.6) is 0 Å². The second-order valence-electron chi connectivity index (χ2n) is 6.68. The molecular formula is C15H20O5. The summed E-state index contributed by atoms with van der Waals surface area (Å²) in [5, 5.41) is 0. The van der Waals surface area contributed by atoms with E-state index < -0.39 is 30.2 Å². The van der Waals surface area contributed by atoms with E-state index in [0.717, 1.165) is 12.8 Å². The predicted molar refractivity (Wildman–Crippen MR) is 68.0 cm³/mol. The van der Waals surface area contributed by atoms with Crippen LogP contribution >= 0.6 is 0 Å². The van der Waals surface area contributed by atoms with Gasteiger partial charge >= 0.3 is 5.97 Å². The highest BCUT2D eigenvalue weighted by Crippen LogP contribution is 2.59. The molecule has 20 heavy (non-hydrogen) atoms. The number of carbonyl (C=O) groups excluding carboxylic acids is 1. The first kappa shape index (κ1) is 10.8. The normalized spacial score (nSPS) is 55.3. The van der Waals surface area contributed by atoms with Crippen LogP contribution in [0.2, 0.25) is 0 Å². The summed E-state index contributed by atoms with van der Waals surface area (Å²) < 4.78 is 26.7. The van der Waals surface area contributed by atoms with E-state index in [9.17, 15) is 4.79 Å². The second-order valence-corrected chi connectivity index (χ2v) is 6.68. The van der Waals surface area contributed by atoms with E-state index in [1.165, 1.54) is 0 Å². The minimum atomic E-state index is -0.926. The Balaban J connectivity index is 1.88. The average molecular weight is 283 g/mol. The van der Waals surface area contributed by atoms with Crippen molar-refractivity contribution in [3.63, 3.8) is 0 Å². The van der Waals surface area contributed by atoms with E-state index in [2.05, 4.69) is 6.92 Å². The predicted octanol–water partition coefficient (Wildman–Crippen LogP) is 2.32. The van der Waals surface area contributed by atoms with Crippen molar-refractivity contribution < 1.29 is 26.8 Å². The molecule has 5 fully saturated rings. The Kier molecular flexibility index (Phi) is 2.07. The number of esters is 1. The monoisotopic (exact) mass is 283 g/mol. The first-order valence-electron chi connectivity index (χ1n) is 8.30. The molecule has 1 saturated carbocycles. The van der Waals surface area contributed by atoms with Gasteiger partial charge in [0.25, 0.3) is 0 Å². The highest BCUT2D eigenvalue weighted by Gasteiger charge is 2.69. The lowest BCUT2D eigenvalue weighted by molar-refractivity contribution is -0.554. The summed E-state index contributed by atoms with van der Waals surface area (Å²) in [6.45, 7) is 3.45. The molecule has 2 bridgehead atoms. The van der Waals surface area contributed by atoms with Gasteiger partial charge in [0, 0.05) is 23.8 Å². The van der Waals surface area contributed by atoms with Crippen LogP contribution in [-0.2, 0) is 24.0 Å². The Morgan fingerprint density at radius 3 is 3.00 bits per heavy atom. The van der Waals surface area contributed by atoms with E-state index in [1.807, 2.05) is 0 Å². The Labute approximate surface area is 120 Å². The van der Waals surface area contributed by atoms with Crippen molar-refractivity contribution in [1.82, 2.24) is 0 Å². The van der Waals surface area contributed by atoms with Crippen LogP contribution in [0.4, 0.5) is 0 Å². The van der Waals surface area contributed by atoms with Gasteiger partial charge in [0.2, 0.25) is 12.1 Å². The quantitative estimate of drug-likeness (QED) is 0.295. The molecule has 0 aromatic rings. The third-order valence-electron chi connectivity index (χ3n) is 5.50. The Morgan fingerprint density at radius 2 is 2.20 bits per heavy atom. The molecule has 1 spiro atoms. The Hall–Kier alpha value is -0.910. The summed E-state index contributed by atoms with van der Waals surface area (Å²) in [6, 6.07) is 0. The van der Waals surface area contributed by atoms with E-state index in [-0.39, 0.29) is 17.4 Å². The Bertz CT molecular complexity index is 560. The fraction of sp³-hybridized carbons (Fsp3) is 0.800. The summed E-state index contributed by atoms with van der Waals surface area (Å²) in [5.41, 5.74) is -0.838. The lowest BCUT2D eigenvalue weighted by Crippen LogP contribution is -2.68. The molecule has 5 rings (SSSR count). The van der Waals surface area contributed by atoms with Crippen LogP contribution in [0, 0.1) is 17.8 Å². The Morgan fingerprint density at radius 1 is 1.35 bits per heavy atom. The number of fused-ring (bicyclic) bond motifs is 2. The van der Waals surface area contributed by atoms with Gasteiger partial charge in [-0.25, -0.2) is 14.6 Å². The van der Waals surface area contributed by atoms with Crippen LogP contribution in [0.15, 0.2) is 12.1 Å². The molecule has 4 heterocycles. The van der Waals surface area contributed by atoms with E-state index in [0.29, 0.717) is 18.8 Å². The SMILES string of the molecule is [2H][13C]([2H])=C1C(=O)O[C@@H]2O[C@@]3(C)CC[C@H]4[C@H](C)CC[C@@H]1[C@@]24OO3. The van der Waals surface area contributed by atoms with E-state index >= 15 is 0 Å². The van der Waals surface area contributed by atoms with E-state index in [1.54, 1.807) is 6.92 Å². The molecule has 0 aromatic carbocycles. The van der Waals surface area contributed by atoms with Gasteiger partial charge < -0.3 is 9.47 Å². The van der Waals surface area contributed by atoms with Gasteiger partial charge in [0.15, 0.2) is 5.60 Å². The number of hydrogen-bond donors (Lipinski definition) is 0. The maximum atomic E-state index is 12.3. The molecular weight excluding hydrogens is 261 g/mol. The molecule has 5 aliphatic rings. The zero-order valence-corrected chi connectivity index (χ0v) is 11.7. The maximum absolute atomic E-state index is 12.3.